The molecule has 7 heteroatoms. The van der Waals surface area contributed by atoms with Crippen LogP contribution in [0.15, 0.2) is 61.1 Å². The minimum absolute atomic E-state index is 0.631. The summed E-state index contributed by atoms with van der Waals surface area (Å²) in [4.78, 5) is 17.8. The van der Waals surface area contributed by atoms with Crippen LogP contribution in [-0.4, -0.2) is 46.0 Å². The molecule has 5 rings (SSSR count). The highest BCUT2D eigenvalue weighted by molar-refractivity contribution is 7.20. The molecule has 1 fully saturated rings. The van der Waals surface area contributed by atoms with E-state index >= 15 is 0 Å². The lowest BCUT2D eigenvalue weighted by molar-refractivity contribution is 0.250. The number of nitrogens with zero attached hydrogens (tertiary/aromatic N) is 5. The highest BCUT2D eigenvalue weighted by Gasteiger charge is 2.17. The van der Waals surface area contributed by atoms with Gasteiger partial charge in [-0.1, -0.05) is 23.5 Å². The zero-order valence-electron chi connectivity index (χ0n) is 16.9. The molecule has 0 aliphatic carbocycles. The van der Waals surface area contributed by atoms with Gasteiger partial charge in [-0.25, -0.2) is 4.98 Å². The van der Waals surface area contributed by atoms with Gasteiger partial charge in [-0.05, 0) is 48.4 Å². The summed E-state index contributed by atoms with van der Waals surface area (Å²) in [5, 5.41) is 0.631. The van der Waals surface area contributed by atoms with E-state index in [1.807, 2.05) is 30.6 Å². The van der Waals surface area contributed by atoms with Crippen molar-refractivity contribution in [1.29, 1.82) is 0 Å². The lowest BCUT2D eigenvalue weighted by Crippen LogP contribution is -2.45. The van der Waals surface area contributed by atoms with Gasteiger partial charge in [0.2, 0.25) is 0 Å². The second-order valence-corrected chi connectivity index (χ2v) is 8.44. The first-order chi connectivity index (χ1) is 14.7. The van der Waals surface area contributed by atoms with Crippen LogP contribution in [0.1, 0.15) is 11.1 Å². The van der Waals surface area contributed by atoms with E-state index in [9.17, 15) is 0 Å². The minimum Gasteiger partial charge on any atom is -0.431 e. The van der Waals surface area contributed by atoms with Crippen molar-refractivity contribution < 1.29 is 4.74 Å². The van der Waals surface area contributed by atoms with Crippen LogP contribution in [0.25, 0.3) is 10.3 Å². The van der Waals surface area contributed by atoms with E-state index in [-0.39, 0.29) is 0 Å². The third kappa shape index (κ3) is 4.13. The molecule has 30 heavy (non-hydrogen) atoms. The molecule has 0 N–H and O–H groups in total. The van der Waals surface area contributed by atoms with Gasteiger partial charge in [0.25, 0.3) is 5.19 Å². The van der Waals surface area contributed by atoms with E-state index in [1.54, 1.807) is 6.20 Å². The van der Waals surface area contributed by atoms with Gasteiger partial charge in [0.15, 0.2) is 5.65 Å². The molecular formula is C23H23N5OS. The first-order valence-electron chi connectivity index (χ1n) is 10.1. The zero-order chi connectivity index (χ0) is 20.3. The minimum atomic E-state index is 0.631. The molecule has 0 saturated carbocycles. The molecule has 1 aromatic carbocycles. The molecule has 0 radical (unpaired) electrons. The second-order valence-electron chi connectivity index (χ2n) is 7.47. The molecule has 0 spiro atoms. The molecule has 1 aliphatic rings. The standard InChI is InChI=1S/C23H23N5OS/c1-17-6-11-25-22-21(17)30-23(26-22)29-20-4-2-18(3-5-20)16-27-12-14-28(15-13-27)19-7-9-24-10-8-19/h2-11H,12-16H2,1H3. The first-order valence-corrected chi connectivity index (χ1v) is 10.9. The Balaban J connectivity index is 1.18. The van der Waals surface area contributed by atoms with E-state index in [0.717, 1.165) is 48.8 Å². The summed E-state index contributed by atoms with van der Waals surface area (Å²) in [6, 6.07) is 14.5. The van der Waals surface area contributed by atoms with Crippen LogP contribution in [0.5, 0.6) is 10.9 Å². The Hall–Kier alpha value is -3.03. The lowest BCUT2D eigenvalue weighted by atomic mass is 10.2. The molecule has 0 unspecified atom stereocenters. The second kappa shape index (κ2) is 8.38. The van der Waals surface area contributed by atoms with Crippen LogP contribution in [-0.2, 0) is 6.54 Å². The van der Waals surface area contributed by atoms with Gasteiger partial charge in [0, 0.05) is 57.0 Å². The number of piperazine rings is 1. The summed E-state index contributed by atoms with van der Waals surface area (Å²) in [6.07, 6.45) is 5.50. The Kier molecular flexibility index (Phi) is 5.29. The Bertz CT molecular complexity index is 1120. The van der Waals surface area contributed by atoms with Gasteiger partial charge in [-0.2, -0.15) is 4.98 Å². The fraction of sp³-hybridized carbons (Fsp3) is 0.261. The largest absolute Gasteiger partial charge is 0.431 e. The number of aryl methyl sites for hydroxylation is 1. The first kappa shape index (κ1) is 19.0. The Morgan fingerprint density at radius 2 is 1.70 bits per heavy atom. The van der Waals surface area contributed by atoms with Gasteiger partial charge in [-0.3, -0.25) is 9.88 Å². The van der Waals surface area contributed by atoms with Crippen LogP contribution in [0, 0.1) is 6.92 Å². The van der Waals surface area contributed by atoms with Crippen molar-refractivity contribution in [2.45, 2.75) is 13.5 Å². The SMILES string of the molecule is Cc1ccnc2nc(Oc3ccc(CN4CCN(c5ccncc5)CC4)cc3)sc12. The number of ether oxygens (including phenoxy) is 1. The van der Waals surface area contributed by atoms with Crippen molar-refractivity contribution in [3.8, 4) is 10.9 Å². The van der Waals surface area contributed by atoms with E-state index in [1.165, 1.54) is 28.2 Å². The van der Waals surface area contributed by atoms with Crippen LogP contribution >= 0.6 is 11.3 Å². The average molecular weight is 418 g/mol. The van der Waals surface area contributed by atoms with E-state index < -0.39 is 0 Å². The molecule has 0 atom stereocenters. The Morgan fingerprint density at radius 1 is 0.933 bits per heavy atom. The maximum Gasteiger partial charge on any atom is 0.281 e. The summed E-state index contributed by atoms with van der Waals surface area (Å²) in [7, 11) is 0. The monoisotopic (exact) mass is 417 g/mol. The molecule has 4 aromatic rings. The number of hydrogen-bond donors (Lipinski definition) is 0. The Morgan fingerprint density at radius 3 is 2.43 bits per heavy atom. The smallest absolute Gasteiger partial charge is 0.281 e. The summed E-state index contributed by atoms with van der Waals surface area (Å²) in [5.74, 6) is 0.804. The number of anilines is 1. The van der Waals surface area contributed by atoms with Crippen LogP contribution < -0.4 is 9.64 Å². The van der Waals surface area contributed by atoms with Crippen molar-refractivity contribution in [3.63, 3.8) is 0 Å². The normalized spacial score (nSPS) is 14.9. The fourth-order valence-corrected chi connectivity index (χ4v) is 4.58. The fourth-order valence-electron chi connectivity index (χ4n) is 3.72. The predicted molar refractivity (Wildman–Crippen MR) is 120 cm³/mol. The highest BCUT2D eigenvalue weighted by Crippen LogP contribution is 2.32. The maximum absolute atomic E-state index is 5.97. The third-order valence-electron chi connectivity index (χ3n) is 5.40. The number of pyridine rings is 2. The molecular weight excluding hydrogens is 394 g/mol. The molecule has 6 nitrogen and oxygen atoms in total. The zero-order valence-corrected chi connectivity index (χ0v) is 17.7. The number of thiazole rings is 1. The maximum atomic E-state index is 5.97. The number of aromatic nitrogens is 3. The predicted octanol–water partition coefficient (Wildman–Crippen LogP) is 4.51. The Labute approximate surface area is 179 Å². The molecule has 4 heterocycles. The highest BCUT2D eigenvalue weighted by atomic mass is 32.1. The third-order valence-corrected chi connectivity index (χ3v) is 6.46. The molecule has 0 amide bonds. The van der Waals surface area contributed by atoms with E-state index in [4.69, 9.17) is 4.74 Å². The van der Waals surface area contributed by atoms with Gasteiger partial charge in [-0.15, -0.1) is 0 Å². The van der Waals surface area contributed by atoms with Crippen molar-refractivity contribution in [3.05, 3.63) is 72.2 Å². The molecule has 3 aromatic heterocycles. The van der Waals surface area contributed by atoms with Gasteiger partial charge in [0.05, 0.1) is 4.70 Å². The summed E-state index contributed by atoms with van der Waals surface area (Å²) in [5.41, 5.74) is 4.47. The number of fused-ring (bicyclic) bond motifs is 1. The summed E-state index contributed by atoms with van der Waals surface area (Å²) >= 11 is 1.54. The molecule has 152 valence electrons. The lowest BCUT2D eigenvalue weighted by Gasteiger charge is -2.36. The quantitative estimate of drug-likeness (QED) is 0.476. The topological polar surface area (TPSA) is 54.4 Å². The van der Waals surface area contributed by atoms with E-state index in [2.05, 4.69) is 55.9 Å². The number of rotatable bonds is 5. The average Bonchev–Trinajstić information content (AvgIpc) is 3.20. The van der Waals surface area contributed by atoms with Crippen LogP contribution in [0.2, 0.25) is 0 Å². The van der Waals surface area contributed by atoms with Crippen molar-refractivity contribution in [2.75, 3.05) is 31.1 Å². The van der Waals surface area contributed by atoms with Crippen molar-refractivity contribution in [1.82, 2.24) is 19.9 Å². The van der Waals surface area contributed by atoms with Crippen LogP contribution in [0.4, 0.5) is 5.69 Å². The summed E-state index contributed by atoms with van der Waals surface area (Å²) in [6.45, 7) is 7.20. The number of benzene rings is 1. The molecule has 1 saturated heterocycles. The molecule has 0 bridgehead atoms. The van der Waals surface area contributed by atoms with Gasteiger partial charge >= 0.3 is 0 Å². The van der Waals surface area contributed by atoms with E-state index in [0.29, 0.717) is 5.19 Å². The van der Waals surface area contributed by atoms with Crippen LogP contribution in [0.3, 0.4) is 0 Å². The number of hydrogen-bond acceptors (Lipinski definition) is 7. The summed E-state index contributed by atoms with van der Waals surface area (Å²) < 4.78 is 7.05. The molecule has 1 aliphatic heterocycles. The van der Waals surface area contributed by atoms with Gasteiger partial charge in [0.1, 0.15) is 5.75 Å². The van der Waals surface area contributed by atoms with Gasteiger partial charge < -0.3 is 9.64 Å². The van der Waals surface area contributed by atoms with Crippen molar-refractivity contribution in [2.24, 2.45) is 0 Å². The van der Waals surface area contributed by atoms with Crippen molar-refractivity contribution >= 4 is 27.4 Å².